The summed E-state index contributed by atoms with van der Waals surface area (Å²) in [5.41, 5.74) is 1.73. The van der Waals surface area contributed by atoms with Crippen molar-refractivity contribution in [2.75, 3.05) is 33.2 Å². The summed E-state index contributed by atoms with van der Waals surface area (Å²) in [6, 6.07) is 13.5. The van der Waals surface area contributed by atoms with Crippen molar-refractivity contribution in [1.82, 2.24) is 9.80 Å². The number of piperidine rings is 1. The Labute approximate surface area is 152 Å². The van der Waals surface area contributed by atoms with Gasteiger partial charge in [-0.2, -0.15) is 5.26 Å². The van der Waals surface area contributed by atoms with E-state index in [4.69, 9.17) is 0 Å². The van der Waals surface area contributed by atoms with E-state index in [1.807, 2.05) is 0 Å². The van der Waals surface area contributed by atoms with Crippen LogP contribution in [0, 0.1) is 23.2 Å². The minimum absolute atomic E-state index is 0.184. The van der Waals surface area contributed by atoms with Gasteiger partial charge in [0.15, 0.2) is 0 Å². The highest BCUT2D eigenvalue weighted by Gasteiger charge is 2.45. The lowest BCUT2D eigenvalue weighted by atomic mass is 9.78. The first-order chi connectivity index (χ1) is 12.2. The molecule has 1 aliphatic carbocycles. The molecule has 1 aromatic carbocycles. The fourth-order valence-corrected chi connectivity index (χ4v) is 5.05. The number of nitriles is 1. The van der Waals surface area contributed by atoms with Crippen molar-refractivity contribution in [1.29, 1.82) is 5.26 Å². The van der Waals surface area contributed by atoms with Crippen molar-refractivity contribution in [3.8, 4) is 6.07 Å². The molecule has 2 atom stereocenters. The molecule has 0 aromatic heterocycles. The van der Waals surface area contributed by atoms with Crippen LogP contribution in [0.5, 0.6) is 0 Å². The minimum Gasteiger partial charge on any atom is -0.306 e. The smallest absolute Gasteiger partial charge is 0.0641 e. The van der Waals surface area contributed by atoms with E-state index in [0.29, 0.717) is 6.42 Å². The van der Waals surface area contributed by atoms with E-state index in [9.17, 15) is 5.26 Å². The maximum Gasteiger partial charge on any atom is 0.0641 e. The summed E-state index contributed by atoms with van der Waals surface area (Å²) in [4.78, 5) is 5.05. The predicted molar refractivity (Wildman–Crippen MR) is 101 cm³/mol. The molecule has 3 aliphatic rings. The summed E-state index contributed by atoms with van der Waals surface area (Å²) in [5.74, 6) is 2.62. The second kappa shape index (κ2) is 7.09. The van der Waals surface area contributed by atoms with Crippen LogP contribution in [-0.4, -0.2) is 48.6 Å². The van der Waals surface area contributed by atoms with Crippen molar-refractivity contribution in [2.24, 2.45) is 11.8 Å². The first kappa shape index (κ1) is 17.1. The van der Waals surface area contributed by atoms with Crippen molar-refractivity contribution in [3.63, 3.8) is 0 Å². The van der Waals surface area contributed by atoms with E-state index < -0.39 is 0 Å². The van der Waals surface area contributed by atoms with E-state index in [1.54, 1.807) is 5.56 Å². The molecule has 0 spiro atoms. The second-order valence-corrected chi connectivity index (χ2v) is 8.72. The number of hydrogen-bond acceptors (Lipinski definition) is 3. The highest BCUT2D eigenvalue weighted by molar-refractivity contribution is 5.25. The molecule has 1 saturated carbocycles. The summed E-state index contributed by atoms with van der Waals surface area (Å²) in [6.07, 6.45) is 7.22. The number of likely N-dealkylation sites (tertiary alicyclic amines) is 2. The summed E-state index contributed by atoms with van der Waals surface area (Å²) >= 11 is 0. The average molecular weight is 338 g/mol. The number of nitrogens with zero attached hydrogens (tertiary/aromatic N) is 3. The Morgan fingerprint density at radius 1 is 1.12 bits per heavy atom. The molecule has 0 radical (unpaired) electrons. The normalized spacial score (nSPS) is 29.8. The molecule has 2 saturated heterocycles. The molecular weight excluding hydrogens is 306 g/mol. The Morgan fingerprint density at radius 2 is 1.84 bits per heavy atom. The molecule has 2 aliphatic heterocycles. The monoisotopic (exact) mass is 337 g/mol. The third-order valence-electron chi connectivity index (χ3n) is 7.05. The molecule has 134 valence electrons. The number of hydrogen-bond donors (Lipinski definition) is 0. The van der Waals surface area contributed by atoms with E-state index >= 15 is 0 Å². The molecule has 0 amide bonds. The highest BCUT2D eigenvalue weighted by atomic mass is 15.3. The third kappa shape index (κ3) is 3.61. The summed E-state index contributed by atoms with van der Waals surface area (Å²) < 4.78 is 0. The fourth-order valence-electron chi connectivity index (χ4n) is 5.05. The third-order valence-corrected chi connectivity index (χ3v) is 7.05. The van der Waals surface area contributed by atoms with Gasteiger partial charge in [0, 0.05) is 18.6 Å². The molecule has 1 aromatic rings. The molecule has 2 heterocycles. The maximum atomic E-state index is 9.32. The summed E-state index contributed by atoms with van der Waals surface area (Å²) in [6.45, 7) is 4.75. The van der Waals surface area contributed by atoms with Crippen LogP contribution in [0.1, 0.15) is 50.0 Å². The average Bonchev–Trinajstić information content (AvgIpc) is 3.37. The SMILES string of the molecule is CN1CCC(CC#N)(N2CC(CCC3CC3c3ccccc3)C2)CC1. The Hall–Kier alpha value is -1.37. The molecule has 2 unspecified atom stereocenters. The van der Waals surface area contributed by atoms with Gasteiger partial charge in [-0.1, -0.05) is 30.3 Å². The van der Waals surface area contributed by atoms with Gasteiger partial charge in [-0.15, -0.1) is 0 Å². The van der Waals surface area contributed by atoms with Gasteiger partial charge in [0.25, 0.3) is 0 Å². The lowest BCUT2D eigenvalue weighted by molar-refractivity contribution is -0.0487. The van der Waals surface area contributed by atoms with Gasteiger partial charge in [0.05, 0.1) is 12.5 Å². The van der Waals surface area contributed by atoms with Gasteiger partial charge in [-0.25, -0.2) is 0 Å². The summed E-state index contributed by atoms with van der Waals surface area (Å²) in [7, 11) is 2.20. The van der Waals surface area contributed by atoms with Crippen LogP contribution in [0.2, 0.25) is 0 Å². The summed E-state index contributed by atoms with van der Waals surface area (Å²) in [5, 5.41) is 9.32. The van der Waals surface area contributed by atoms with Crippen LogP contribution in [0.3, 0.4) is 0 Å². The van der Waals surface area contributed by atoms with Crippen molar-refractivity contribution in [2.45, 2.75) is 50.0 Å². The zero-order chi connectivity index (χ0) is 17.3. The Kier molecular flexibility index (Phi) is 4.84. The number of rotatable bonds is 6. The Bertz CT molecular complexity index is 606. The van der Waals surface area contributed by atoms with Crippen LogP contribution in [0.25, 0.3) is 0 Å². The standard InChI is InChI=1S/C22H31N3/c1-24-13-10-22(9-12-23,11-14-24)25-16-18(17-25)7-8-20-15-21(20)19-5-3-2-4-6-19/h2-6,18,20-21H,7-11,13-17H2,1H3. The van der Waals surface area contributed by atoms with Crippen LogP contribution in [0.4, 0.5) is 0 Å². The van der Waals surface area contributed by atoms with Crippen LogP contribution in [0.15, 0.2) is 30.3 Å². The van der Waals surface area contributed by atoms with Gasteiger partial charge < -0.3 is 4.90 Å². The minimum atomic E-state index is 0.184. The zero-order valence-corrected chi connectivity index (χ0v) is 15.5. The second-order valence-electron chi connectivity index (χ2n) is 8.72. The Balaban J connectivity index is 1.22. The van der Waals surface area contributed by atoms with Gasteiger partial charge in [-0.05, 0) is 75.6 Å². The molecule has 25 heavy (non-hydrogen) atoms. The fraction of sp³-hybridized carbons (Fsp3) is 0.682. The lowest BCUT2D eigenvalue weighted by Gasteiger charge is -2.54. The molecule has 0 bridgehead atoms. The molecule has 3 nitrogen and oxygen atoms in total. The van der Waals surface area contributed by atoms with E-state index in [-0.39, 0.29) is 5.54 Å². The van der Waals surface area contributed by atoms with Crippen molar-refractivity contribution >= 4 is 0 Å². The van der Waals surface area contributed by atoms with Crippen LogP contribution < -0.4 is 0 Å². The zero-order valence-electron chi connectivity index (χ0n) is 15.5. The van der Waals surface area contributed by atoms with Gasteiger partial charge in [0.1, 0.15) is 0 Å². The predicted octanol–water partition coefficient (Wildman–Crippen LogP) is 3.88. The largest absolute Gasteiger partial charge is 0.306 e. The first-order valence-electron chi connectivity index (χ1n) is 10.1. The van der Waals surface area contributed by atoms with E-state index in [1.165, 1.54) is 45.2 Å². The van der Waals surface area contributed by atoms with Gasteiger partial charge in [0.2, 0.25) is 0 Å². The highest BCUT2D eigenvalue weighted by Crippen LogP contribution is 2.51. The van der Waals surface area contributed by atoms with Gasteiger partial charge >= 0.3 is 0 Å². The maximum absolute atomic E-state index is 9.32. The van der Waals surface area contributed by atoms with E-state index in [0.717, 1.165) is 30.8 Å². The molecule has 3 fully saturated rings. The van der Waals surface area contributed by atoms with Crippen LogP contribution in [-0.2, 0) is 0 Å². The topological polar surface area (TPSA) is 30.3 Å². The molecule has 0 N–H and O–H groups in total. The van der Waals surface area contributed by atoms with Crippen molar-refractivity contribution < 1.29 is 0 Å². The lowest BCUT2D eigenvalue weighted by Crippen LogP contribution is -2.62. The van der Waals surface area contributed by atoms with Crippen molar-refractivity contribution in [3.05, 3.63) is 35.9 Å². The van der Waals surface area contributed by atoms with Gasteiger partial charge in [-0.3, -0.25) is 4.90 Å². The Morgan fingerprint density at radius 3 is 2.52 bits per heavy atom. The van der Waals surface area contributed by atoms with E-state index in [2.05, 4.69) is 53.2 Å². The first-order valence-corrected chi connectivity index (χ1v) is 10.1. The molecule has 3 heteroatoms. The van der Waals surface area contributed by atoms with Crippen LogP contribution >= 0.6 is 0 Å². The number of benzene rings is 1. The molecular formula is C22H31N3. The quantitative estimate of drug-likeness (QED) is 0.789. The molecule has 4 rings (SSSR count).